The molecule has 0 amide bonds. The molecule has 1 saturated heterocycles. The van der Waals surface area contributed by atoms with Gasteiger partial charge in [-0.3, -0.25) is 5.10 Å². The lowest BCUT2D eigenvalue weighted by Gasteiger charge is -2.29. The van der Waals surface area contributed by atoms with Crippen LogP contribution >= 0.6 is 0 Å². The van der Waals surface area contributed by atoms with Crippen LogP contribution in [0.15, 0.2) is 30.5 Å². The first-order valence-corrected chi connectivity index (χ1v) is 9.93. The summed E-state index contributed by atoms with van der Waals surface area (Å²) >= 11 is 0. The Kier molecular flexibility index (Phi) is 4.43. The van der Waals surface area contributed by atoms with Crippen LogP contribution in [0.5, 0.6) is 0 Å². The fourth-order valence-corrected chi connectivity index (χ4v) is 3.90. The average Bonchev–Trinajstić information content (AvgIpc) is 3.05. The number of H-pyrrole nitrogens is 1. The monoisotopic (exact) mass is 403 g/mol. The molecule has 0 bridgehead atoms. The van der Waals surface area contributed by atoms with Crippen molar-refractivity contribution >= 4 is 22.7 Å². The molecule has 3 aromatic heterocycles. The van der Waals surface area contributed by atoms with Gasteiger partial charge in [-0.1, -0.05) is 18.2 Å². The Balaban J connectivity index is 1.66. The van der Waals surface area contributed by atoms with Gasteiger partial charge >= 0.3 is 0 Å². The predicted octanol–water partition coefficient (Wildman–Crippen LogP) is 3.91. The Morgan fingerprint density at radius 3 is 2.53 bits per heavy atom. The number of aromatic nitrogens is 5. The van der Waals surface area contributed by atoms with Gasteiger partial charge in [-0.25, -0.2) is 19.3 Å². The third-order valence-electron chi connectivity index (χ3n) is 5.68. The Labute approximate surface area is 173 Å². The maximum absolute atomic E-state index is 13.7. The van der Waals surface area contributed by atoms with Crippen molar-refractivity contribution in [3.63, 3.8) is 0 Å². The van der Waals surface area contributed by atoms with Gasteiger partial charge in [0.15, 0.2) is 17.3 Å². The van der Waals surface area contributed by atoms with Crippen molar-refractivity contribution in [2.75, 3.05) is 18.4 Å². The van der Waals surface area contributed by atoms with Crippen LogP contribution in [0.25, 0.3) is 22.4 Å². The number of nitrogens with zero attached hydrogens (tertiary/aromatic N) is 4. The van der Waals surface area contributed by atoms with E-state index in [2.05, 4.69) is 51.8 Å². The molecule has 7 nitrogen and oxygen atoms in total. The van der Waals surface area contributed by atoms with E-state index in [-0.39, 0.29) is 0 Å². The normalized spacial score (nSPS) is 14.1. The summed E-state index contributed by atoms with van der Waals surface area (Å²) in [5, 5.41) is 14.3. The molecule has 4 aromatic rings. The van der Waals surface area contributed by atoms with Gasteiger partial charge in [-0.2, -0.15) is 5.10 Å². The summed E-state index contributed by atoms with van der Waals surface area (Å²) in [6, 6.07) is 7.58. The number of nitrogens with one attached hydrogen (secondary N) is 3. The number of aromatic amines is 1. The van der Waals surface area contributed by atoms with Crippen molar-refractivity contribution in [2.45, 2.75) is 26.7 Å². The molecule has 3 N–H and O–H groups in total. The quantitative estimate of drug-likeness (QED) is 0.479. The summed E-state index contributed by atoms with van der Waals surface area (Å²) in [5.41, 5.74) is 5.79. The van der Waals surface area contributed by atoms with Crippen LogP contribution in [0.4, 0.5) is 16.0 Å². The van der Waals surface area contributed by atoms with Gasteiger partial charge in [0.05, 0.1) is 17.3 Å². The molecule has 0 aliphatic carbocycles. The number of rotatable bonds is 4. The Morgan fingerprint density at radius 1 is 1.07 bits per heavy atom. The molecule has 5 rings (SSSR count). The van der Waals surface area contributed by atoms with E-state index in [9.17, 15) is 4.39 Å². The van der Waals surface area contributed by atoms with Crippen molar-refractivity contribution < 1.29 is 4.39 Å². The molecule has 30 heavy (non-hydrogen) atoms. The fourth-order valence-electron chi connectivity index (χ4n) is 3.90. The van der Waals surface area contributed by atoms with Crippen LogP contribution in [-0.4, -0.2) is 38.2 Å². The van der Waals surface area contributed by atoms with Crippen LogP contribution in [0, 0.1) is 26.6 Å². The van der Waals surface area contributed by atoms with Crippen LogP contribution in [0.1, 0.15) is 28.3 Å². The molecular weight excluding hydrogens is 381 g/mol. The summed E-state index contributed by atoms with van der Waals surface area (Å²) in [6.07, 6.45) is 1.17. The van der Waals surface area contributed by atoms with Gasteiger partial charge in [0.1, 0.15) is 11.6 Å². The highest BCUT2D eigenvalue weighted by molar-refractivity contribution is 5.89. The third-order valence-corrected chi connectivity index (χ3v) is 5.68. The van der Waals surface area contributed by atoms with Crippen molar-refractivity contribution in [1.29, 1.82) is 0 Å². The van der Waals surface area contributed by atoms with E-state index in [1.54, 1.807) is 0 Å². The standard InChI is InChI=1S/C22H22FN7/c1-11-5-4-6-12(2)17(11)22-26-18(14-8-24-9-14)13(3)19(28-22)27-21-16-7-15(23)10-25-20(16)29-30-21/h4-7,10,14,24H,8-9H2,1-3H3,(H2,25,26,27,28,29,30). The van der Waals surface area contributed by atoms with Crippen molar-refractivity contribution in [2.24, 2.45) is 0 Å². The van der Waals surface area contributed by atoms with E-state index in [0.29, 0.717) is 34.4 Å². The highest BCUT2D eigenvalue weighted by Gasteiger charge is 2.26. The van der Waals surface area contributed by atoms with Gasteiger partial charge < -0.3 is 10.6 Å². The van der Waals surface area contributed by atoms with E-state index in [4.69, 9.17) is 9.97 Å². The minimum atomic E-state index is -0.413. The maximum Gasteiger partial charge on any atom is 0.163 e. The number of fused-ring (bicyclic) bond motifs is 1. The van der Waals surface area contributed by atoms with Gasteiger partial charge in [-0.15, -0.1) is 0 Å². The Bertz CT molecular complexity index is 1240. The van der Waals surface area contributed by atoms with Gasteiger partial charge in [0, 0.05) is 30.1 Å². The molecule has 0 spiro atoms. The molecule has 4 heterocycles. The molecule has 0 saturated carbocycles. The van der Waals surface area contributed by atoms with E-state index < -0.39 is 5.82 Å². The van der Waals surface area contributed by atoms with Crippen LogP contribution < -0.4 is 10.6 Å². The highest BCUT2D eigenvalue weighted by Crippen LogP contribution is 2.33. The minimum Gasteiger partial charge on any atom is -0.323 e. The van der Waals surface area contributed by atoms with E-state index in [1.807, 2.05) is 13.0 Å². The zero-order valence-electron chi connectivity index (χ0n) is 17.0. The lowest BCUT2D eigenvalue weighted by molar-refractivity contribution is 0.438. The van der Waals surface area contributed by atoms with Crippen LogP contribution in [0.2, 0.25) is 0 Å². The molecule has 1 aliphatic heterocycles. The minimum absolute atomic E-state index is 0.340. The van der Waals surface area contributed by atoms with Crippen LogP contribution in [0.3, 0.4) is 0 Å². The molecule has 8 heteroatoms. The number of hydrogen-bond acceptors (Lipinski definition) is 6. The number of pyridine rings is 1. The summed E-state index contributed by atoms with van der Waals surface area (Å²) in [7, 11) is 0. The summed E-state index contributed by atoms with van der Waals surface area (Å²) < 4.78 is 13.7. The molecule has 0 radical (unpaired) electrons. The second kappa shape index (κ2) is 7.14. The fraction of sp³-hybridized carbons (Fsp3) is 0.273. The lowest BCUT2D eigenvalue weighted by Crippen LogP contribution is -2.41. The topological polar surface area (TPSA) is 91.4 Å². The maximum atomic E-state index is 13.7. The number of hydrogen-bond donors (Lipinski definition) is 3. The van der Waals surface area contributed by atoms with Crippen molar-refractivity contribution in [3.8, 4) is 11.4 Å². The van der Waals surface area contributed by atoms with E-state index in [0.717, 1.165) is 41.0 Å². The lowest BCUT2D eigenvalue weighted by atomic mass is 9.94. The first-order chi connectivity index (χ1) is 14.5. The third kappa shape index (κ3) is 3.09. The average molecular weight is 403 g/mol. The zero-order valence-corrected chi connectivity index (χ0v) is 17.0. The molecule has 152 valence electrons. The Morgan fingerprint density at radius 2 is 1.83 bits per heavy atom. The number of halogens is 1. The summed E-state index contributed by atoms with van der Waals surface area (Å²) in [5.74, 6) is 1.77. The molecule has 1 fully saturated rings. The smallest absolute Gasteiger partial charge is 0.163 e. The summed E-state index contributed by atoms with van der Waals surface area (Å²) in [6.45, 7) is 7.93. The Hall–Kier alpha value is -3.39. The number of aryl methyl sites for hydroxylation is 2. The van der Waals surface area contributed by atoms with Crippen molar-refractivity contribution in [3.05, 3.63) is 58.7 Å². The zero-order chi connectivity index (χ0) is 20.8. The highest BCUT2D eigenvalue weighted by atomic mass is 19.1. The second-order valence-electron chi connectivity index (χ2n) is 7.77. The predicted molar refractivity (Wildman–Crippen MR) is 114 cm³/mol. The van der Waals surface area contributed by atoms with Gasteiger partial charge in [-0.05, 0) is 38.0 Å². The molecular formula is C22H22FN7. The SMILES string of the molecule is Cc1cccc(C)c1-c1nc(Nc2n[nH]c3ncc(F)cc23)c(C)c(C2CNC2)n1. The first-order valence-electron chi connectivity index (χ1n) is 9.93. The number of anilines is 2. The molecule has 1 aliphatic rings. The van der Waals surface area contributed by atoms with Crippen LogP contribution in [-0.2, 0) is 0 Å². The van der Waals surface area contributed by atoms with Gasteiger partial charge in [0.25, 0.3) is 0 Å². The summed E-state index contributed by atoms with van der Waals surface area (Å²) in [4.78, 5) is 13.9. The molecule has 0 atom stereocenters. The van der Waals surface area contributed by atoms with E-state index in [1.165, 1.54) is 12.3 Å². The molecule has 0 unspecified atom stereocenters. The molecule has 1 aromatic carbocycles. The number of benzene rings is 1. The van der Waals surface area contributed by atoms with Crippen molar-refractivity contribution in [1.82, 2.24) is 30.5 Å². The van der Waals surface area contributed by atoms with Gasteiger partial charge in [0.2, 0.25) is 0 Å². The van der Waals surface area contributed by atoms with E-state index >= 15 is 0 Å². The largest absolute Gasteiger partial charge is 0.323 e. The first kappa shape index (κ1) is 18.6. The second-order valence-corrected chi connectivity index (χ2v) is 7.77.